The largest absolute Gasteiger partial charge is 0.327 e. The van der Waals surface area contributed by atoms with E-state index in [0.29, 0.717) is 41.1 Å². The van der Waals surface area contributed by atoms with Crippen LogP contribution in [-0.2, 0) is 14.8 Å². The van der Waals surface area contributed by atoms with E-state index in [0.717, 1.165) is 38.5 Å². The highest BCUT2D eigenvalue weighted by Crippen LogP contribution is 2.48. The molecule has 1 amide bonds. The van der Waals surface area contributed by atoms with Gasteiger partial charge in [0.1, 0.15) is 0 Å². The number of rotatable bonds is 4. The number of carbonyl (C=O) groups excluding carboxylic acids is 1. The molecule has 1 aliphatic heterocycles. The average molecular weight is 392 g/mol. The van der Waals surface area contributed by atoms with Gasteiger partial charge in [0.25, 0.3) is 0 Å². The third-order valence-electron chi connectivity index (χ3n) is 6.67. The first kappa shape index (κ1) is 18.9. The molecule has 1 heterocycles. The number of nitrogens with one attached hydrogen (secondary N) is 1. The van der Waals surface area contributed by atoms with E-state index in [2.05, 4.69) is 5.32 Å². The number of aryl methyl sites for hydroxylation is 1. The van der Waals surface area contributed by atoms with Gasteiger partial charge in [-0.1, -0.05) is 12.5 Å². The molecule has 3 fully saturated rings. The standard InChI is InChI=1S/C20H29N3O3S/c1-13-5-8-16(12-17(13)27(25,26)23-9-3-2-4-10-23)22-20(24)18-14-6-7-15(11-14)19(18)21/h5,8,12,14-15,18-19H,2-4,6-7,9-11,21H2,1H3,(H,22,24). The smallest absolute Gasteiger partial charge is 0.243 e. The fraction of sp³-hybridized carbons (Fsp3) is 0.650. The second-order valence-corrected chi connectivity index (χ2v) is 10.3. The first-order valence-corrected chi connectivity index (χ1v) is 11.5. The normalized spacial score (nSPS) is 31.2. The van der Waals surface area contributed by atoms with Gasteiger partial charge in [-0.2, -0.15) is 4.31 Å². The summed E-state index contributed by atoms with van der Waals surface area (Å²) in [6, 6.07) is 5.08. The zero-order chi connectivity index (χ0) is 19.2. The zero-order valence-electron chi connectivity index (χ0n) is 15.9. The second-order valence-electron chi connectivity index (χ2n) is 8.37. The first-order chi connectivity index (χ1) is 12.9. The van der Waals surface area contributed by atoms with Crippen molar-refractivity contribution < 1.29 is 13.2 Å². The molecule has 3 aliphatic rings. The topological polar surface area (TPSA) is 92.5 Å². The number of fused-ring (bicyclic) bond motifs is 2. The number of benzene rings is 1. The van der Waals surface area contributed by atoms with E-state index in [4.69, 9.17) is 5.73 Å². The Morgan fingerprint density at radius 1 is 1.15 bits per heavy atom. The molecule has 0 radical (unpaired) electrons. The van der Waals surface area contributed by atoms with Crippen LogP contribution in [0.5, 0.6) is 0 Å². The number of hydrogen-bond donors (Lipinski definition) is 2. The molecule has 0 aromatic heterocycles. The van der Waals surface area contributed by atoms with E-state index in [9.17, 15) is 13.2 Å². The highest BCUT2D eigenvalue weighted by atomic mass is 32.2. The van der Waals surface area contributed by atoms with Crippen molar-refractivity contribution in [2.24, 2.45) is 23.5 Å². The Kier molecular flexibility index (Phi) is 5.03. The maximum absolute atomic E-state index is 13.1. The van der Waals surface area contributed by atoms with Gasteiger partial charge in [0, 0.05) is 24.8 Å². The lowest BCUT2D eigenvalue weighted by atomic mass is 9.84. The van der Waals surface area contributed by atoms with Crippen LogP contribution in [0, 0.1) is 24.7 Å². The van der Waals surface area contributed by atoms with Crippen LogP contribution in [0.4, 0.5) is 5.69 Å². The van der Waals surface area contributed by atoms with Gasteiger partial charge < -0.3 is 11.1 Å². The molecule has 148 valence electrons. The quantitative estimate of drug-likeness (QED) is 0.825. The maximum atomic E-state index is 13.1. The number of nitrogens with zero attached hydrogens (tertiary/aromatic N) is 1. The van der Waals surface area contributed by atoms with Crippen molar-refractivity contribution in [3.63, 3.8) is 0 Å². The third-order valence-corrected chi connectivity index (χ3v) is 8.71. The van der Waals surface area contributed by atoms with E-state index in [1.165, 1.54) is 0 Å². The molecule has 0 spiro atoms. The zero-order valence-corrected chi connectivity index (χ0v) is 16.7. The fourth-order valence-electron chi connectivity index (χ4n) is 5.15. The summed E-state index contributed by atoms with van der Waals surface area (Å²) in [5, 5.41) is 2.94. The summed E-state index contributed by atoms with van der Waals surface area (Å²) < 4.78 is 27.7. The Labute approximate surface area is 161 Å². The van der Waals surface area contributed by atoms with Crippen molar-refractivity contribution >= 4 is 21.6 Å². The molecule has 1 aromatic rings. The Balaban J connectivity index is 1.55. The van der Waals surface area contributed by atoms with Crippen LogP contribution in [0.25, 0.3) is 0 Å². The number of nitrogens with two attached hydrogens (primary N) is 1. The third kappa shape index (κ3) is 3.41. The van der Waals surface area contributed by atoms with Crippen LogP contribution in [0.15, 0.2) is 23.1 Å². The van der Waals surface area contributed by atoms with Gasteiger partial charge in [0.2, 0.25) is 15.9 Å². The molecule has 1 aromatic carbocycles. The lowest BCUT2D eigenvalue weighted by molar-refractivity contribution is -0.121. The molecule has 4 atom stereocenters. The maximum Gasteiger partial charge on any atom is 0.243 e. The van der Waals surface area contributed by atoms with Crippen LogP contribution < -0.4 is 11.1 Å². The summed E-state index contributed by atoms with van der Waals surface area (Å²) in [7, 11) is -3.53. The molecular weight excluding hydrogens is 362 g/mol. The van der Waals surface area contributed by atoms with Crippen molar-refractivity contribution in [1.29, 1.82) is 0 Å². The van der Waals surface area contributed by atoms with Gasteiger partial charge in [-0.15, -0.1) is 0 Å². The van der Waals surface area contributed by atoms with Crippen LogP contribution >= 0.6 is 0 Å². The van der Waals surface area contributed by atoms with Crippen molar-refractivity contribution in [3.05, 3.63) is 23.8 Å². The molecule has 4 unspecified atom stereocenters. The minimum Gasteiger partial charge on any atom is -0.327 e. The summed E-state index contributed by atoms with van der Waals surface area (Å²) in [6.45, 7) is 2.94. The predicted molar refractivity (Wildman–Crippen MR) is 105 cm³/mol. The van der Waals surface area contributed by atoms with E-state index in [-0.39, 0.29) is 17.9 Å². The van der Waals surface area contributed by atoms with E-state index in [1.54, 1.807) is 29.4 Å². The number of hydrogen-bond acceptors (Lipinski definition) is 4. The number of anilines is 1. The summed E-state index contributed by atoms with van der Waals surface area (Å²) in [5.41, 5.74) is 7.52. The van der Waals surface area contributed by atoms with E-state index in [1.807, 2.05) is 0 Å². The highest BCUT2D eigenvalue weighted by Gasteiger charge is 2.49. The molecule has 27 heavy (non-hydrogen) atoms. The van der Waals surface area contributed by atoms with E-state index < -0.39 is 10.0 Å². The Morgan fingerprint density at radius 3 is 2.52 bits per heavy atom. The summed E-state index contributed by atoms with van der Waals surface area (Å²) in [4.78, 5) is 13.1. The molecule has 3 N–H and O–H groups in total. The van der Waals surface area contributed by atoms with Gasteiger partial charge >= 0.3 is 0 Å². The molecule has 2 aliphatic carbocycles. The first-order valence-electron chi connectivity index (χ1n) is 10.0. The van der Waals surface area contributed by atoms with Crippen LogP contribution in [0.2, 0.25) is 0 Å². The Morgan fingerprint density at radius 2 is 1.85 bits per heavy atom. The molecule has 2 bridgehead atoms. The van der Waals surface area contributed by atoms with E-state index >= 15 is 0 Å². The lowest BCUT2D eigenvalue weighted by Crippen LogP contribution is -2.42. The van der Waals surface area contributed by atoms with Crippen molar-refractivity contribution in [2.45, 2.75) is 56.4 Å². The number of carbonyl (C=O) groups is 1. The number of piperidine rings is 1. The summed E-state index contributed by atoms with van der Waals surface area (Å²) >= 11 is 0. The van der Waals surface area contributed by atoms with Gasteiger partial charge in [-0.05, 0) is 68.6 Å². The highest BCUT2D eigenvalue weighted by molar-refractivity contribution is 7.89. The average Bonchev–Trinajstić information content (AvgIpc) is 3.25. The number of sulfonamides is 1. The summed E-state index contributed by atoms with van der Waals surface area (Å²) in [5.74, 6) is 0.595. The predicted octanol–water partition coefficient (Wildman–Crippen LogP) is 2.48. The van der Waals surface area contributed by atoms with Gasteiger partial charge in [-0.3, -0.25) is 4.79 Å². The molecule has 6 nitrogen and oxygen atoms in total. The molecule has 1 saturated heterocycles. The van der Waals surface area contributed by atoms with Crippen molar-refractivity contribution in [1.82, 2.24) is 4.31 Å². The van der Waals surface area contributed by atoms with Crippen LogP contribution in [0.1, 0.15) is 44.1 Å². The molecule has 4 rings (SSSR count). The minimum absolute atomic E-state index is 0.0696. The van der Waals surface area contributed by atoms with Crippen molar-refractivity contribution in [3.8, 4) is 0 Å². The SMILES string of the molecule is Cc1ccc(NC(=O)C2C3CCC(C3)C2N)cc1S(=O)(=O)N1CCCCC1. The minimum atomic E-state index is -3.53. The molecule has 7 heteroatoms. The van der Waals surface area contributed by atoms with Crippen LogP contribution in [0.3, 0.4) is 0 Å². The summed E-state index contributed by atoms with van der Waals surface area (Å²) in [6.07, 6.45) is 6.11. The Bertz CT molecular complexity index is 831. The number of amides is 1. The van der Waals surface area contributed by atoms with Crippen molar-refractivity contribution in [2.75, 3.05) is 18.4 Å². The van der Waals surface area contributed by atoms with Gasteiger partial charge in [0.05, 0.1) is 10.8 Å². The second kappa shape index (κ2) is 7.18. The molecule has 2 saturated carbocycles. The monoisotopic (exact) mass is 391 g/mol. The lowest BCUT2D eigenvalue weighted by Gasteiger charge is -2.28. The molecular formula is C20H29N3O3S. The fourth-order valence-corrected chi connectivity index (χ4v) is 6.92. The van der Waals surface area contributed by atoms with Gasteiger partial charge in [-0.25, -0.2) is 8.42 Å². The van der Waals surface area contributed by atoms with Crippen LogP contribution in [-0.4, -0.2) is 37.8 Å². The Hall–Kier alpha value is -1.44. The van der Waals surface area contributed by atoms with Gasteiger partial charge in [0.15, 0.2) is 0 Å².